The van der Waals surface area contributed by atoms with Crippen LogP contribution < -0.4 is 4.90 Å². The molecule has 0 bridgehead atoms. The molecule has 0 radical (unpaired) electrons. The zero-order valence-electron chi connectivity index (χ0n) is 12.1. The average molecular weight is 291 g/mol. The van der Waals surface area contributed by atoms with Gasteiger partial charge < -0.3 is 4.90 Å². The number of carbonyl (C=O) groups excluding carboxylic acids is 1. The van der Waals surface area contributed by atoms with Gasteiger partial charge in [-0.25, -0.2) is 4.39 Å². The second-order valence-electron chi connectivity index (χ2n) is 4.98. The predicted molar refractivity (Wildman–Crippen MR) is 82.3 cm³/mol. The van der Waals surface area contributed by atoms with Crippen LogP contribution in [-0.2, 0) is 0 Å². The van der Waals surface area contributed by atoms with Gasteiger partial charge >= 0.3 is 0 Å². The summed E-state index contributed by atoms with van der Waals surface area (Å²) in [5, 5.41) is 2.03. The van der Waals surface area contributed by atoms with Crippen LogP contribution in [0, 0.1) is 12.7 Å². The molecule has 2 aromatic rings. The first-order valence-corrected chi connectivity index (χ1v) is 7.37. The van der Waals surface area contributed by atoms with Crippen LogP contribution in [0.15, 0.2) is 29.6 Å². The van der Waals surface area contributed by atoms with Crippen LogP contribution in [-0.4, -0.2) is 12.8 Å². The van der Waals surface area contributed by atoms with Crippen molar-refractivity contribution in [2.45, 2.75) is 26.8 Å². The number of aryl methyl sites for hydroxylation is 1. The average Bonchev–Trinajstić information content (AvgIpc) is 2.93. The van der Waals surface area contributed by atoms with Crippen molar-refractivity contribution in [3.05, 3.63) is 51.5 Å². The second-order valence-corrected chi connectivity index (χ2v) is 5.96. The summed E-state index contributed by atoms with van der Waals surface area (Å²) in [5.41, 5.74) is 1.76. The summed E-state index contributed by atoms with van der Waals surface area (Å²) >= 11 is 1.67. The normalized spacial score (nSPS) is 12.2. The third-order valence-corrected chi connectivity index (χ3v) is 4.61. The van der Waals surface area contributed by atoms with Crippen LogP contribution in [0.3, 0.4) is 0 Å². The van der Waals surface area contributed by atoms with E-state index in [1.807, 2.05) is 23.4 Å². The maximum atomic E-state index is 13.7. The van der Waals surface area contributed by atoms with E-state index in [-0.39, 0.29) is 17.6 Å². The van der Waals surface area contributed by atoms with Crippen LogP contribution >= 0.6 is 11.3 Å². The second kappa shape index (κ2) is 5.75. The molecule has 1 aromatic heterocycles. The van der Waals surface area contributed by atoms with E-state index in [9.17, 15) is 9.18 Å². The molecule has 0 saturated heterocycles. The molecule has 0 aliphatic rings. The van der Waals surface area contributed by atoms with E-state index >= 15 is 0 Å². The van der Waals surface area contributed by atoms with Crippen LogP contribution in [0.25, 0.3) is 0 Å². The Kier molecular flexibility index (Phi) is 4.23. The first-order chi connectivity index (χ1) is 9.41. The van der Waals surface area contributed by atoms with Gasteiger partial charge in [0.25, 0.3) is 0 Å². The zero-order chi connectivity index (χ0) is 14.9. The molecular weight excluding hydrogens is 273 g/mol. The summed E-state index contributed by atoms with van der Waals surface area (Å²) < 4.78 is 13.7. The number of ketones is 1. The number of Topliss-reactive ketones (excluding diaryl/α,β-unsaturated/α-hetero) is 1. The summed E-state index contributed by atoms with van der Waals surface area (Å²) in [6.45, 7) is 5.26. The number of anilines is 1. The number of halogens is 1. The molecule has 0 aliphatic carbocycles. The van der Waals surface area contributed by atoms with Gasteiger partial charge in [-0.15, -0.1) is 11.3 Å². The van der Waals surface area contributed by atoms with Crippen molar-refractivity contribution in [1.29, 1.82) is 0 Å². The molecule has 0 amide bonds. The first kappa shape index (κ1) is 14.7. The molecule has 2 nitrogen and oxygen atoms in total. The molecular formula is C16H18FNOS. The molecule has 4 heteroatoms. The number of hydrogen-bond donors (Lipinski definition) is 0. The highest BCUT2D eigenvalue weighted by molar-refractivity contribution is 7.10. The van der Waals surface area contributed by atoms with Gasteiger partial charge in [-0.2, -0.15) is 0 Å². The van der Waals surface area contributed by atoms with E-state index in [4.69, 9.17) is 0 Å². The van der Waals surface area contributed by atoms with Gasteiger partial charge in [0.15, 0.2) is 5.78 Å². The quantitative estimate of drug-likeness (QED) is 0.768. The smallest absolute Gasteiger partial charge is 0.161 e. The van der Waals surface area contributed by atoms with Crippen molar-refractivity contribution < 1.29 is 9.18 Å². The van der Waals surface area contributed by atoms with Crippen molar-refractivity contribution in [3.8, 4) is 0 Å². The molecule has 0 saturated carbocycles. The molecule has 1 aromatic carbocycles. The maximum Gasteiger partial charge on any atom is 0.161 e. The van der Waals surface area contributed by atoms with E-state index in [0.717, 1.165) is 5.69 Å². The van der Waals surface area contributed by atoms with Gasteiger partial charge in [-0.05, 0) is 49.9 Å². The lowest BCUT2D eigenvalue weighted by molar-refractivity contribution is 0.101. The highest BCUT2D eigenvalue weighted by Gasteiger charge is 2.19. The molecule has 1 unspecified atom stereocenters. The summed E-state index contributed by atoms with van der Waals surface area (Å²) in [6, 6.07) is 7.29. The van der Waals surface area contributed by atoms with Crippen molar-refractivity contribution >= 4 is 22.8 Å². The van der Waals surface area contributed by atoms with Gasteiger partial charge in [0.05, 0.1) is 6.04 Å². The van der Waals surface area contributed by atoms with Gasteiger partial charge in [0.1, 0.15) is 5.82 Å². The van der Waals surface area contributed by atoms with Gasteiger partial charge in [-0.1, -0.05) is 6.07 Å². The Morgan fingerprint density at radius 2 is 2.10 bits per heavy atom. The minimum absolute atomic E-state index is 0.121. The Bertz CT molecular complexity index is 622. The molecule has 106 valence electrons. The summed E-state index contributed by atoms with van der Waals surface area (Å²) in [4.78, 5) is 15.0. The molecule has 0 spiro atoms. The molecule has 1 heterocycles. The largest absolute Gasteiger partial charge is 0.366 e. The summed E-state index contributed by atoms with van der Waals surface area (Å²) in [6.07, 6.45) is 0. The van der Waals surface area contributed by atoms with Crippen LogP contribution in [0.1, 0.15) is 40.7 Å². The Labute approximate surface area is 122 Å². The fourth-order valence-corrected chi connectivity index (χ4v) is 3.00. The lowest BCUT2D eigenvalue weighted by Gasteiger charge is -2.28. The highest BCUT2D eigenvalue weighted by atomic mass is 32.1. The van der Waals surface area contributed by atoms with E-state index in [1.165, 1.54) is 17.9 Å². The predicted octanol–water partition coefficient (Wildman–Crippen LogP) is 4.60. The zero-order valence-corrected chi connectivity index (χ0v) is 12.9. The van der Waals surface area contributed by atoms with E-state index in [2.05, 4.69) is 13.0 Å². The third-order valence-electron chi connectivity index (χ3n) is 3.57. The van der Waals surface area contributed by atoms with Crippen LogP contribution in [0.5, 0.6) is 0 Å². The molecule has 0 fully saturated rings. The molecule has 20 heavy (non-hydrogen) atoms. The minimum Gasteiger partial charge on any atom is -0.366 e. The Balaban J connectivity index is 2.45. The number of rotatable bonds is 4. The van der Waals surface area contributed by atoms with E-state index in [0.29, 0.717) is 11.1 Å². The maximum absolute atomic E-state index is 13.7. The Morgan fingerprint density at radius 3 is 2.65 bits per heavy atom. The van der Waals surface area contributed by atoms with Crippen LogP contribution in [0.2, 0.25) is 0 Å². The van der Waals surface area contributed by atoms with Crippen molar-refractivity contribution in [2.75, 3.05) is 11.9 Å². The monoisotopic (exact) mass is 291 g/mol. The van der Waals surface area contributed by atoms with Gasteiger partial charge in [0, 0.05) is 23.2 Å². The Hall–Kier alpha value is -1.68. The molecule has 1 atom stereocenters. The van der Waals surface area contributed by atoms with E-state index in [1.54, 1.807) is 24.3 Å². The number of hydrogen-bond acceptors (Lipinski definition) is 3. The number of carbonyl (C=O) groups is 1. The van der Waals surface area contributed by atoms with Crippen molar-refractivity contribution in [1.82, 2.24) is 0 Å². The SMILES string of the molecule is CC(=O)c1cc(F)c(C)cc1N(C)C(C)c1cccs1. The van der Waals surface area contributed by atoms with Crippen molar-refractivity contribution in [3.63, 3.8) is 0 Å². The number of thiophene rings is 1. The fraction of sp³-hybridized carbons (Fsp3) is 0.312. The lowest BCUT2D eigenvalue weighted by atomic mass is 10.0. The van der Waals surface area contributed by atoms with Gasteiger partial charge in [0.2, 0.25) is 0 Å². The fourth-order valence-electron chi connectivity index (χ4n) is 2.17. The van der Waals surface area contributed by atoms with Gasteiger partial charge in [-0.3, -0.25) is 4.79 Å². The summed E-state index contributed by atoms with van der Waals surface area (Å²) in [7, 11) is 1.93. The highest BCUT2D eigenvalue weighted by Crippen LogP contribution is 2.32. The molecule has 2 rings (SSSR count). The molecule has 0 N–H and O–H groups in total. The minimum atomic E-state index is -0.337. The number of benzene rings is 1. The first-order valence-electron chi connectivity index (χ1n) is 6.49. The van der Waals surface area contributed by atoms with Crippen molar-refractivity contribution in [2.24, 2.45) is 0 Å². The summed E-state index contributed by atoms with van der Waals surface area (Å²) in [5.74, 6) is -0.458. The Morgan fingerprint density at radius 1 is 1.40 bits per heavy atom. The molecule has 0 aliphatic heterocycles. The number of nitrogens with zero attached hydrogens (tertiary/aromatic N) is 1. The third kappa shape index (κ3) is 2.75. The lowest BCUT2D eigenvalue weighted by Crippen LogP contribution is -2.23. The standard InChI is InChI=1S/C16H18FNOS/c1-10-8-15(13(12(3)19)9-14(10)17)18(4)11(2)16-6-5-7-20-16/h5-9,11H,1-4H3. The topological polar surface area (TPSA) is 20.3 Å². The van der Waals surface area contributed by atoms with Crippen LogP contribution in [0.4, 0.5) is 10.1 Å². The van der Waals surface area contributed by atoms with E-state index < -0.39 is 0 Å².